The Morgan fingerprint density at radius 1 is 0.256 bits per heavy atom. The summed E-state index contributed by atoms with van der Waals surface area (Å²) >= 11 is 0. The van der Waals surface area contributed by atoms with Crippen LogP contribution in [0.3, 0.4) is 0 Å². The lowest BCUT2D eigenvalue weighted by molar-refractivity contribution is 1.11. The van der Waals surface area contributed by atoms with Gasteiger partial charge >= 0.3 is 0 Å². The van der Waals surface area contributed by atoms with Crippen molar-refractivity contribution in [2.75, 3.05) is 0 Å². The molecular formula is C76H44N6. The number of para-hydroxylation sites is 1. The van der Waals surface area contributed by atoms with Gasteiger partial charge in [-0.3, -0.25) is 14.5 Å². The van der Waals surface area contributed by atoms with Crippen LogP contribution in [-0.2, 0) is 0 Å². The van der Waals surface area contributed by atoms with Crippen molar-refractivity contribution in [2.24, 2.45) is 0 Å². The molecular weight excluding hydrogens is 997 g/mol. The molecule has 6 heteroatoms. The minimum absolute atomic E-state index is 0.848. The molecule has 82 heavy (non-hydrogen) atoms. The molecule has 12 aromatic carbocycles. The minimum atomic E-state index is 0.848. The first kappa shape index (κ1) is 44.9. The number of benzene rings is 12. The zero-order chi connectivity index (χ0) is 53.6. The zero-order valence-corrected chi connectivity index (χ0v) is 44.1. The number of rotatable bonds is 5. The molecule has 0 spiro atoms. The van der Waals surface area contributed by atoms with E-state index in [-0.39, 0.29) is 0 Å². The van der Waals surface area contributed by atoms with E-state index in [0.717, 1.165) is 83.6 Å². The fourth-order valence-electron chi connectivity index (χ4n) is 13.7. The zero-order valence-electron chi connectivity index (χ0n) is 44.1. The van der Waals surface area contributed by atoms with Crippen LogP contribution in [0.25, 0.3) is 175 Å². The number of aromatic nitrogens is 6. The second-order valence-electron chi connectivity index (χ2n) is 21.6. The van der Waals surface area contributed by atoms with Gasteiger partial charge in [-0.1, -0.05) is 182 Å². The summed E-state index contributed by atoms with van der Waals surface area (Å²) in [4.78, 5) is 20.0. The number of pyridine rings is 4. The van der Waals surface area contributed by atoms with E-state index in [0.29, 0.717) is 0 Å². The molecule has 378 valence electrons. The molecule has 0 fully saturated rings. The lowest BCUT2D eigenvalue weighted by Crippen LogP contribution is -1.99. The maximum absolute atomic E-state index is 5.45. The van der Waals surface area contributed by atoms with Crippen molar-refractivity contribution in [3.05, 3.63) is 267 Å². The van der Waals surface area contributed by atoms with Crippen LogP contribution in [0.4, 0.5) is 0 Å². The lowest BCUT2D eigenvalue weighted by atomic mass is 9.91. The second-order valence-corrected chi connectivity index (χ2v) is 21.6. The molecule has 0 atom stereocenters. The summed E-state index contributed by atoms with van der Waals surface area (Å²) in [6.45, 7) is 0. The van der Waals surface area contributed by atoms with Gasteiger partial charge < -0.3 is 4.57 Å². The van der Waals surface area contributed by atoms with Crippen molar-refractivity contribution < 1.29 is 0 Å². The maximum Gasteiger partial charge on any atom is 0.138 e. The quantitative estimate of drug-likeness (QED) is 0.161. The molecule has 0 radical (unpaired) electrons. The molecule has 0 aliphatic rings. The molecule has 0 N–H and O–H groups in total. The Morgan fingerprint density at radius 3 is 1.57 bits per heavy atom. The van der Waals surface area contributed by atoms with Gasteiger partial charge in [0, 0.05) is 66.7 Å². The van der Waals surface area contributed by atoms with E-state index in [4.69, 9.17) is 15.0 Å². The minimum Gasteiger partial charge on any atom is -0.309 e. The number of hydrogen-bond donors (Lipinski definition) is 0. The summed E-state index contributed by atoms with van der Waals surface area (Å²) in [5.41, 5.74) is 13.4. The first-order chi connectivity index (χ1) is 40.7. The molecule has 6 nitrogen and oxygen atoms in total. The normalized spacial score (nSPS) is 12.1. The molecule has 6 aromatic heterocycles. The van der Waals surface area contributed by atoms with Gasteiger partial charge in [0.15, 0.2) is 0 Å². The van der Waals surface area contributed by atoms with E-state index >= 15 is 0 Å². The molecule has 0 aliphatic carbocycles. The summed E-state index contributed by atoms with van der Waals surface area (Å²) in [6.07, 6.45) is 3.68. The number of nitrogens with zero attached hydrogens (tertiary/aromatic N) is 6. The Balaban J connectivity index is 0.874. The maximum atomic E-state index is 5.45. The van der Waals surface area contributed by atoms with E-state index in [1.165, 1.54) is 91.7 Å². The highest BCUT2D eigenvalue weighted by Crippen LogP contribution is 2.48. The average molecular weight is 1040 g/mol. The predicted molar refractivity (Wildman–Crippen MR) is 343 cm³/mol. The van der Waals surface area contributed by atoms with E-state index < -0.39 is 0 Å². The van der Waals surface area contributed by atoms with Crippen molar-refractivity contribution in [3.8, 4) is 45.3 Å². The van der Waals surface area contributed by atoms with E-state index in [9.17, 15) is 0 Å². The molecule has 6 heterocycles. The summed E-state index contributed by atoms with van der Waals surface area (Å²) in [5.74, 6) is 0.867. The largest absolute Gasteiger partial charge is 0.309 e. The first-order valence-corrected chi connectivity index (χ1v) is 27.9. The number of hydrogen-bond acceptors (Lipinski definition) is 4. The third-order valence-electron chi connectivity index (χ3n) is 17.3. The van der Waals surface area contributed by atoms with Crippen LogP contribution >= 0.6 is 0 Å². The Morgan fingerprint density at radius 2 is 0.793 bits per heavy atom. The number of fused-ring (bicyclic) bond motifs is 23. The van der Waals surface area contributed by atoms with Crippen molar-refractivity contribution in [1.82, 2.24) is 29.1 Å². The molecule has 0 saturated carbocycles. The summed E-state index contributed by atoms with van der Waals surface area (Å²) in [5, 5.41) is 21.7. The lowest BCUT2D eigenvalue weighted by Gasteiger charge is -2.15. The van der Waals surface area contributed by atoms with Gasteiger partial charge in [0.1, 0.15) is 5.82 Å². The fraction of sp³-hybridized carbons (Fsp3) is 0. The molecule has 18 rings (SSSR count). The Kier molecular flexibility index (Phi) is 9.41. The molecule has 0 bridgehead atoms. The van der Waals surface area contributed by atoms with Gasteiger partial charge in [0.25, 0.3) is 0 Å². The highest BCUT2D eigenvalue weighted by atomic mass is 15.1. The standard InChI is InChI=1S/C76H44N6/c1-2-15-53-45(13-1)31-38-60-69(53)54-16-3-5-18-56(54)75-72(60)59-37-33-51(44-67(59)81(75)52-35-29-47(30-36-52)63-22-11-23-65(79-63)64-21-9-10-41-77-64)50-28-25-46-32-39-61-70(62(46)43-50)55-17-4-6-19-57(55)76-71(61)58-20-7-8-24-66(58)82(76)68-40-34-49-27-26-48-14-12-42-78-73(48)74(49)80-68/h1-44H. The molecule has 18 aromatic rings. The van der Waals surface area contributed by atoms with Crippen LogP contribution in [0.15, 0.2) is 267 Å². The van der Waals surface area contributed by atoms with Gasteiger partial charge in [-0.15, -0.1) is 0 Å². The van der Waals surface area contributed by atoms with Crippen molar-refractivity contribution in [2.45, 2.75) is 0 Å². The van der Waals surface area contributed by atoms with Gasteiger partial charge in [0.2, 0.25) is 0 Å². The van der Waals surface area contributed by atoms with Crippen LogP contribution in [0.5, 0.6) is 0 Å². The van der Waals surface area contributed by atoms with Gasteiger partial charge in [-0.2, -0.15) is 0 Å². The monoisotopic (exact) mass is 1040 g/mol. The molecule has 0 aliphatic heterocycles. The molecule has 0 saturated heterocycles. The third-order valence-corrected chi connectivity index (χ3v) is 17.3. The third kappa shape index (κ3) is 6.46. The summed E-state index contributed by atoms with van der Waals surface area (Å²) in [6, 6.07) is 92.8. The SMILES string of the molecule is c1ccc(-c2cccc(-c3ccc(-n4c5cc(-c6ccc7ccc8c(c7c6)c6ccccc6c6c8c7ccccc7n6-c6ccc7ccc8cccnc8c7n6)ccc5c5c6ccc7ccccc7c6c6ccccc6c54)cc3)n2)nc1. The Labute approximate surface area is 469 Å². The Bertz CT molecular complexity index is 5760. The van der Waals surface area contributed by atoms with E-state index in [1.54, 1.807) is 0 Å². The van der Waals surface area contributed by atoms with Gasteiger partial charge in [-0.05, 0) is 138 Å². The topological polar surface area (TPSA) is 61.4 Å². The van der Waals surface area contributed by atoms with Crippen molar-refractivity contribution >= 4 is 130 Å². The smallest absolute Gasteiger partial charge is 0.138 e. The fourth-order valence-corrected chi connectivity index (χ4v) is 13.7. The summed E-state index contributed by atoms with van der Waals surface area (Å²) in [7, 11) is 0. The predicted octanol–water partition coefficient (Wildman–Crippen LogP) is 19.7. The molecule has 0 unspecified atom stereocenters. The average Bonchev–Trinajstić information content (AvgIpc) is 2.84. The Hall–Kier alpha value is -11.1. The highest BCUT2D eigenvalue weighted by molar-refractivity contribution is 6.38. The second kappa shape index (κ2) is 17.2. The van der Waals surface area contributed by atoms with Gasteiger partial charge in [0.05, 0.1) is 50.2 Å². The van der Waals surface area contributed by atoms with Crippen LogP contribution in [-0.4, -0.2) is 29.1 Å². The van der Waals surface area contributed by atoms with Crippen LogP contribution in [0.1, 0.15) is 0 Å². The van der Waals surface area contributed by atoms with E-state index in [1.807, 2.05) is 42.7 Å². The van der Waals surface area contributed by atoms with Gasteiger partial charge in [-0.25, -0.2) is 9.97 Å². The first-order valence-electron chi connectivity index (χ1n) is 27.9. The highest BCUT2D eigenvalue weighted by Gasteiger charge is 2.24. The van der Waals surface area contributed by atoms with E-state index in [2.05, 4.69) is 239 Å². The van der Waals surface area contributed by atoms with Crippen molar-refractivity contribution in [1.29, 1.82) is 0 Å². The molecule has 0 amide bonds. The van der Waals surface area contributed by atoms with Crippen LogP contribution in [0.2, 0.25) is 0 Å². The summed E-state index contributed by atoms with van der Waals surface area (Å²) < 4.78 is 4.88. The van der Waals surface area contributed by atoms with Crippen LogP contribution < -0.4 is 0 Å². The van der Waals surface area contributed by atoms with Crippen molar-refractivity contribution in [3.63, 3.8) is 0 Å². The van der Waals surface area contributed by atoms with Crippen LogP contribution in [0, 0.1) is 0 Å².